The van der Waals surface area contributed by atoms with Crippen LogP contribution in [0.25, 0.3) is 0 Å². The van der Waals surface area contributed by atoms with Crippen molar-refractivity contribution in [1.29, 1.82) is 0 Å². The molecule has 0 aliphatic carbocycles. The van der Waals surface area contributed by atoms with E-state index in [-0.39, 0.29) is 24.2 Å². The number of aryl methyl sites for hydroxylation is 1. The van der Waals surface area contributed by atoms with Gasteiger partial charge >= 0.3 is 18.5 Å². The quantitative estimate of drug-likeness (QED) is 0.244. The standard InChI is InChI=1S/C21H19F5O4/c1-3-29-19(28)17(18(27)14-4-6-15(22)7-5-14)11-13-8-12(2)9-16(10-13)30-21(25,26)20(23)24/h4-10,17,20H,3,11H2,1-2H3. The highest BCUT2D eigenvalue weighted by molar-refractivity contribution is 6.08. The maximum atomic E-state index is 13.2. The molecule has 0 saturated carbocycles. The van der Waals surface area contributed by atoms with Gasteiger partial charge in [-0.05, 0) is 67.8 Å². The lowest BCUT2D eigenvalue weighted by atomic mass is 9.90. The van der Waals surface area contributed by atoms with Gasteiger partial charge in [0.2, 0.25) is 0 Å². The molecular formula is C21H19F5O4. The van der Waals surface area contributed by atoms with Gasteiger partial charge in [0.25, 0.3) is 0 Å². The molecule has 2 rings (SSSR count). The number of carbonyl (C=O) groups excluding carboxylic acids is 2. The second-order valence-corrected chi connectivity index (χ2v) is 6.50. The van der Waals surface area contributed by atoms with E-state index in [1.165, 1.54) is 25.1 Å². The zero-order valence-corrected chi connectivity index (χ0v) is 16.1. The summed E-state index contributed by atoms with van der Waals surface area (Å²) in [6, 6.07) is 8.20. The van der Waals surface area contributed by atoms with Crippen molar-refractivity contribution in [2.45, 2.75) is 32.8 Å². The molecule has 0 aromatic heterocycles. The average Bonchev–Trinajstić information content (AvgIpc) is 2.65. The van der Waals surface area contributed by atoms with Gasteiger partial charge in [-0.1, -0.05) is 6.07 Å². The third kappa shape index (κ3) is 6.01. The van der Waals surface area contributed by atoms with Crippen molar-refractivity contribution in [3.8, 4) is 5.75 Å². The number of hydrogen-bond acceptors (Lipinski definition) is 4. The van der Waals surface area contributed by atoms with E-state index in [1.54, 1.807) is 6.92 Å². The Labute approximate surface area is 169 Å². The Balaban J connectivity index is 2.34. The monoisotopic (exact) mass is 430 g/mol. The van der Waals surface area contributed by atoms with Crippen LogP contribution in [0.2, 0.25) is 0 Å². The van der Waals surface area contributed by atoms with E-state index in [0.717, 1.165) is 24.3 Å². The minimum atomic E-state index is -4.70. The van der Waals surface area contributed by atoms with E-state index in [0.29, 0.717) is 5.56 Å². The van der Waals surface area contributed by atoms with Crippen LogP contribution in [-0.2, 0) is 16.0 Å². The predicted octanol–water partition coefficient (Wildman–Crippen LogP) is 4.98. The van der Waals surface area contributed by atoms with Crippen molar-refractivity contribution in [1.82, 2.24) is 0 Å². The Morgan fingerprint density at radius 1 is 1.07 bits per heavy atom. The highest BCUT2D eigenvalue weighted by Crippen LogP contribution is 2.30. The number of ketones is 1. The molecule has 0 N–H and O–H groups in total. The molecule has 0 radical (unpaired) electrons. The predicted molar refractivity (Wildman–Crippen MR) is 97.3 cm³/mol. The summed E-state index contributed by atoms with van der Waals surface area (Å²) in [6.45, 7) is 3.05. The zero-order valence-electron chi connectivity index (χ0n) is 16.1. The molecule has 0 amide bonds. The zero-order chi connectivity index (χ0) is 22.5. The third-order valence-corrected chi connectivity index (χ3v) is 4.07. The minimum absolute atomic E-state index is 0.00514. The summed E-state index contributed by atoms with van der Waals surface area (Å²) >= 11 is 0. The van der Waals surface area contributed by atoms with Gasteiger partial charge in [-0.25, -0.2) is 4.39 Å². The first-order valence-corrected chi connectivity index (χ1v) is 8.95. The highest BCUT2D eigenvalue weighted by Gasteiger charge is 2.44. The molecule has 1 unspecified atom stereocenters. The van der Waals surface area contributed by atoms with Crippen molar-refractivity contribution in [3.05, 3.63) is 65.0 Å². The first-order valence-electron chi connectivity index (χ1n) is 8.95. The number of alkyl halides is 4. The van der Waals surface area contributed by atoms with Crippen LogP contribution in [0.15, 0.2) is 42.5 Å². The first-order chi connectivity index (χ1) is 14.0. The van der Waals surface area contributed by atoms with E-state index in [2.05, 4.69) is 4.74 Å². The van der Waals surface area contributed by atoms with Gasteiger partial charge in [-0.15, -0.1) is 0 Å². The summed E-state index contributed by atoms with van der Waals surface area (Å²) in [4.78, 5) is 25.1. The van der Waals surface area contributed by atoms with E-state index in [1.807, 2.05) is 0 Å². The minimum Gasteiger partial charge on any atom is -0.465 e. The van der Waals surface area contributed by atoms with Crippen molar-refractivity contribution < 1.29 is 41.0 Å². The average molecular weight is 430 g/mol. The van der Waals surface area contributed by atoms with Crippen LogP contribution in [0, 0.1) is 18.7 Å². The maximum Gasteiger partial charge on any atom is 0.461 e. The maximum absolute atomic E-state index is 13.2. The number of Topliss-reactive ketones (excluding diaryl/α,β-unsaturated/α-hetero) is 1. The highest BCUT2D eigenvalue weighted by atomic mass is 19.3. The molecule has 9 heteroatoms. The lowest BCUT2D eigenvalue weighted by Crippen LogP contribution is -2.33. The largest absolute Gasteiger partial charge is 0.465 e. The molecule has 0 aliphatic rings. The van der Waals surface area contributed by atoms with Gasteiger partial charge < -0.3 is 9.47 Å². The molecule has 0 spiro atoms. The molecule has 2 aromatic carbocycles. The molecule has 1 atom stereocenters. The fraction of sp³-hybridized carbons (Fsp3) is 0.333. The lowest BCUT2D eigenvalue weighted by Gasteiger charge is -2.19. The van der Waals surface area contributed by atoms with Crippen molar-refractivity contribution in [2.75, 3.05) is 6.61 Å². The Morgan fingerprint density at radius 2 is 1.70 bits per heavy atom. The molecule has 2 aromatic rings. The van der Waals surface area contributed by atoms with Crippen LogP contribution in [0.3, 0.4) is 0 Å². The van der Waals surface area contributed by atoms with Gasteiger partial charge in [-0.2, -0.15) is 17.6 Å². The summed E-state index contributed by atoms with van der Waals surface area (Å²) in [6.07, 6.45) is -8.99. The Morgan fingerprint density at radius 3 is 2.27 bits per heavy atom. The van der Waals surface area contributed by atoms with Crippen molar-refractivity contribution >= 4 is 11.8 Å². The number of halogens is 5. The Hall–Kier alpha value is -2.97. The molecule has 0 fully saturated rings. The summed E-state index contributed by atoms with van der Waals surface area (Å²) in [7, 11) is 0. The van der Waals surface area contributed by atoms with E-state index >= 15 is 0 Å². The van der Waals surface area contributed by atoms with Crippen LogP contribution in [0.5, 0.6) is 5.75 Å². The topological polar surface area (TPSA) is 52.6 Å². The smallest absolute Gasteiger partial charge is 0.461 e. The number of rotatable bonds is 9. The fourth-order valence-corrected chi connectivity index (χ4v) is 2.78. The third-order valence-electron chi connectivity index (χ3n) is 4.07. The molecule has 4 nitrogen and oxygen atoms in total. The first kappa shape index (κ1) is 23.3. The van der Waals surface area contributed by atoms with Crippen molar-refractivity contribution in [3.63, 3.8) is 0 Å². The fourth-order valence-electron chi connectivity index (χ4n) is 2.78. The van der Waals surface area contributed by atoms with Crippen molar-refractivity contribution in [2.24, 2.45) is 5.92 Å². The second-order valence-electron chi connectivity index (χ2n) is 6.50. The van der Waals surface area contributed by atoms with Crippen LogP contribution >= 0.6 is 0 Å². The summed E-state index contributed by atoms with van der Waals surface area (Å²) in [5, 5.41) is 0. The number of ether oxygens (including phenoxy) is 2. The summed E-state index contributed by atoms with van der Waals surface area (Å²) in [5.74, 6) is -3.96. The van der Waals surface area contributed by atoms with Gasteiger partial charge in [0, 0.05) is 5.56 Å². The number of carbonyl (C=O) groups is 2. The molecular weight excluding hydrogens is 411 g/mol. The SMILES string of the molecule is CCOC(=O)C(Cc1cc(C)cc(OC(F)(F)C(F)F)c1)C(=O)c1ccc(F)cc1. The van der Waals surface area contributed by atoms with Gasteiger partial charge in [-0.3, -0.25) is 9.59 Å². The molecule has 30 heavy (non-hydrogen) atoms. The van der Waals surface area contributed by atoms with Crippen LogP contribution in [0.4, 0.5) is 22.0 Å². The number of esters is 1. The molecule has 162 valence electrons. The van der Waals surface area contributed by atoms with Gasteiger partial charge in [0.15, 0.2) is 5.78 Å². The molecule has 0 aliphatic heterocycles. The normalized spacial score (nSPS) is 12.5. The van der Waals surface area contributed by atoms with Gasteiger partial charge in [0.1, 0.15) is 17.5 Å². The number of benzene rings is 2. The number of hydrogen-bond donors (Lipinski definition) is 0. The van der Waals surface area contributed by atoms with Gasteiger partial charge in [0.05, 0.1) is 6.61 Å². The Kier molecular flexibility index (Phi) is 7.53. The summed E-state index contributed by atoms with van der Waals surface area (Å²) < 4.78 is 73.5. The molecule has 0 heterocycles. The van der Waals surface area contributed by atoms with E-state index < -0.39 is 41.8 Å². The summed E-state index contributed by atoms with van der Waals surface area (Å²) in [5.41, 5.74) is 0.677. The van der Waals surface area contributed by atoms with Crippen LogP contribution < -0.4 is 4.74 Å². The molecule has 0 bridgehead atoms. The van der Waals surface area contributed by atoms with E-state index in [4.69, 9.17) is 4.74 Å². The van der Waals surface area contributed by atoms with Crippen LogP contribution in [-0.4, -0.2) is 30.9 Å². The Bertz CT molecular complexity index is 897. The molecule has 0 saturated heterocycles. The lowest BCUT2D eigenvalue weighted by molar-refractivity contribution is -0.253. The van der Waals surface area contributed by atoms with Crippen LogP contribution in [0.1, 0.15) is 28.4 Å². The second kappa shape index (κ2) is 9.69. The van der Waals surface area contributed by atoms with E-state index in [9.17, 15) is 31.5 Å².